The highest BCUT2D eigenvalue weighted by atomic mass is 16.5. The lowest BCUT2D eigenvalue weighted by molar-refractivity contribution is 0.414. The van der Waals surface area contributed by atoms with Crippen molar-refractivity contribution in [2.45, 2.75) is 46.1 Å². The second kappa shape index (κ2) is 8.55. The van der Waals surface area contributed by atoms with Crippen molar-refractivity contribution in [1.29, 1.82) is 5.26 Å². The monoisotopic (exact) mass is 312 g/mol. The fourth-order valence-corrected chi connectivity index (χ4v) is 2.67. The third-order valence-corrected chi connectivity index (χ3v) is 4.04. The van der Waals surface area contributed by atoms with Crippen LogP contribution >= 0.6 is 0 Å². The van der Waals surface area contributed by atoms with E-state index in [0.29, 0.717) is 5.57 Å². The summed E-state index contributed by atoms with van der Waals surface area (Å²) in [6.45, 7) is 10.2. The fraction of sp³-hybridized carbons (Fsp3) is 0.450. The Balaban J connectivity index is 2.71. The summed E-state index contributed by atoms with van der Waals surface area (Å²) in [5.41, 5.74) is 9.19. The second-order valence-electron chi connectivity index (χ2n) is 6.73. The van der Waals surface area contributed by atoms with E-state index in [1.54, 1.807) is 13.2 Å². The van der Waals surface area contributed by atoms with Crippen LogP contribution in [0.1, 0.15) is 51.6 Å². The van der Waals surface area contributed by atoms with E-state index < -0.39 is 0 Å². The molecule has 3 heteroatoms. The van der Waals surface area contributed by atoms with Crippen LogP contribution in [0.2, 0.25) is 0 Å². The first-order valence-corrected chi connectivity index (χ1v) is 7.99. The van der Waals surface area contributed by atoms with E-state index in [9.17, 15) is 5.26 Å². The SMILES string of the molecule is C=C/C(C#N)=C(\CCCC(N)c1ccc(OC)cc1)C(C)(C)C. The van der Waals surface area contributed by atoms with E-state index in [-0.39, 0.29) is 11.5 Å². The summed E-state index contributed by atoms with van der Waals surface area (Å²) in [5.74, 6) is 0.837. The summed E-state index contributed by atoms with van der Waals surface area (Å²) < 4.78 is 5.16. The average Bonchev–Trinajstić information content (AvgIpc) is 2.53. The van der Waals surface area contributed by atoms with Gasteiger partial charge in [-0.1, -0.05) is 45.6 Å². The Hall–Kier alpha value is -2.05. The summed E-state index contributed by atoms with van der Waals surface area (Å²) in [7, 11) is 1.65. The molecule has 0 aliphatic rings. The molecule has 0 aliphatic carbocycles. The number of benzene rings is 1. The predicted molar refractivity (Wildman–Crippen MR) is 96.1 cm³/mol. The van der Waals surface area contributed by atoms with Gasteiger partial charge in [-0.05, 0) is 47.9 Å². The van der Waals surface area contributed by atoms with Gasteiger partial charge in [0.05, 0.1) is 18.8 Å². The third-order valence-electron chi connectivity index (χ3n) is 4.04. The Morgan fingerprint density at radius 2 is 1.96 bits per heavy atom. The van der Waals surface area contributed by atoms with Crippen LogP contribution in [0, 0.1) is 16.7 Å². The molecule has 0 aromatic heterocycles. The van der Waals surface area contributed by atoms with Gasteiger partial charge in [0, 0.05) is 6.04 Å². The molecule has 1 atom stereocenters. The number of hydrogen-bond acceptors (Lipinski definition) is 3. The Bertz CT molecular complexity index is 586. The second-order valence-corrected chi connectivity index (χ2v) is 6.73. The first-order valence-electron chi connectivity index (χ1n) is 7.99. The highest BCUT2D eigenvalue weighted by molar-refractivity contribution is 5.39. The zero-order valence-electron chi connectivity index (χ0n) is 14.7. The topological polar surface area (TPSA) is 59.0 Å². The van der Waals surface area contributed by atoms with Crippen molar-refractivity contribution < 1.29 is 4.74 Å². The Labute approximate surface area is 140 Å². The summed E-state index contributed by atoms with van der Waals surface area (Å²) in [6.07, 6.45) is 4.34. The molecule has 0 heterocycles. The van der Waals surface area contributed by atoms with Crippen LogP contribution in [-0.2, 0) is 0 Å². The number of rotatable bonds is 7. The van der Waals surface area contributed by atoms with Crippen molar-refractivity contribution in [2.24, 2.45) is 11.1 Å². The van der Waals surface area contributed by atoms with Crippen LogP contribution in [0.3, 0.4) is 0 Å². The molecule has 3 nitrogen and oxygen atoms in total. The minimum absolute atomic E-state index is 0.00334. The van der Waals surface area contributed by atoms with Gasteiger partial charge in [0.2, 0.25) is 0 Å². The van der Waals surface area contributed by atoms with E-state index >= 15 is 0 Å². The van der Waals surface area contributed by atoms with Gasteiger partial charge in [0.15, 0.2) is 0 Å². The maximum absolute atomic E-state index is 9.28. The third kappa shape index (κ3) is 5.58. The molecule has 2 N–H and O–H groups in total. The number of hydrogen-bond donors (Lipinski definition) is 1. The van der Waals surface area contributed by atoms with E-state index in [4.69, 9.17) is 10.5 Å². The quantitative estimate of drug-likeness (QED) is 0.574. The molecule has 0 saturated carbocycles. The fourth-order valence-electron chi connectivity index (χ4n) is 2.67. The van der Waals surface area contributed by atoms with E-state index in [1.807, 2.05) is 24.3 Å². The average molecular weight is 312 g/mol. The standard InChI is InChI=1S/C20H28N2O/c1-6-15(14-21)18(20(2,3)4)8-7-9-19(22)16-10-12-17(23-5)13-11-16/h6,10-13,19H,1,7-9,22H2,2-5H3/b18-15-. The van der Waals surface area contributed by atoms with E-state index in [1.165, 1.54) is 0 Å². The maximum atomic E-state index is 9.28. The van der Waals surface area contributed by atoms with Crippen LogP contribution in [0.4, 0.5) is 0 Å². The van der Waals surface area contributed by atoms with E-state index in [0.717, 1.165) is 36.1 Å². The normalized spacial score (nSPS) is 13.7. The van der Waals surface area contributed by atoms with Crippen molar-refractivity contribution in [1.82, 2.24) is 0 Å². The Morgan fingerprint density at radius 3 is 2.39 bits per heavy atom. The van der Waals surface area contributed by atoms with E-state index in [2.05, 4.69) is 33.4 Å². The summed E-state index contributed by atoms with van der Waals surface area (Å²) >= 11 is 0. The van der Waals surface area contributed by atoms with Crippen molar-refractivity contribution in [2.75, 3.05) is 7.11 Å². The van der Waals surface area contributed by atoms with Crippen molar-refractivity contribution >= 4 is 0 Å². The van der Waals surface area contributed by atoms with Gasteiger partial charge < -0.3 is 10.5 Å². The zero-order chi connectivity index (χ0) is 17.5. The van der Waals surface area contributed by atoms with Gasteiger partial charge in [0.25, 0.3) is 0 Å². The molecule has 1 unspecified atom stereocenters. The lowest BCUT2D eigenvalue weighted by atomic mass is 9.80. The van der Waals surface area contributed by atoms with Crippen LogP contribution in [0.15, 0.2) is 48.1 Å². The maximum Gasteiger partial charge on any atom is 0.118 e. The molecule has 0 spiro atoms. The van der Waals surface area contributed by atoms with Crippen LogP contribution in [-0.4, -0.2) is 7.11 Å². The first kappa shape index (κ1) is 19.0. The highest BCUT2D eigenvalue weighted by Crippen LogP contribution is 2.33. The van der Waals surface area contributed by atoms with Gasteiger partial charge >= 0.3 is 0 Å². The molecule has 0 amide bonds. The largest absolute Gasteiger partial charge is 0.497 e. The molecular weight excluding hydrogens is 284 g/mol. The molecule has 0 bridgehead atoms. The summed E-state index contributed by atoms with van der Waals surface area (Å²) in [6, 6.07) is 10.1. The summed E-state index contributed by atoms with van der Waals surface area (Å²) in [5, 5.41) is 9.28. The van der Waals surface area contributed by atoms with Crippen molar-refractivity contribution in [3.05, 3.63) is 53.6 Å². The van der Waals surface area contributed by atoms with Crippen LogP contribution in [0.5, 0.6) is 5.75 Å². The first-order chi connectivity index (χ1) is 10.8. The van der Waals surface area contributed by atoms with Gasteiger partial charge in [-0.2, -0.15) is 5.26 Å². The molecule has 0 radical (unpaired) electrons. The molecule has 0 fully saturated rings. The van der Waals surface area contributed by atoms with Crippen molar-refractivity contribution in [3.8, 4) is 11.8 Å². The van der Waals surface area contributed by atoms with Gasteiger partial charge in [-0.25, -0.2) is 0 Å². The Morgan fingerprint density at radius 1 is 1.35 bits per heavy atom. The highest BCUT2D eigenvalue weighted by Gasteiger charge is 2.20. The molecule has 0 aliphatic heterocycles. The summed E-state index contributed by atoms with van der Waals surface area (Å²) in [4.78, 5) is 0. The Kier molecular flexibility index (Phi) is 7.06. The molecule has 1 aromatic carbocycles. The molecule has 23 heavy (non-hydrogen) atoms. The van der Waals surface area contributed by atoms with Gasteiger partial charge in [-0.3, -0.25) is 0 Å². The number of methoxy groups -OCH3 is 1. The number of nitriles is 1. The smallest absolute Gasteiger partial charge is 0.118 e. The molecular formula is C20H28N2O. The molecule has 124 valence electrons. The molecule has 0 saturated heterocycles. The minimum Gasteiger partial charge on any atom is -0.497 e. The minimum atomic E-state index is -0.0382. The van der Waals surface area contributed by atoms with Crippen molar-refractivity contribution in [3.63, 3.8) is 0 Å². The molecule has 1 aromatic rings. The number of nitrogens with two attached hydrogens (primary N) is 1. The lowest BCUT2D eigenvalue weighted by Crippen LogP contribution is -2.14. The number of allylic oxidation sites excluding steroid dienone is 3. The predicted octanol–water partition coefficient (Wildman–Crippen LogP) is 4.92. The molecule has 1 rings (SSSR count). The lowest BCUT2D eigenvalue weighted by Gasteiger charge is -2.25. The number of nitrogens with zero attached hydrogens (tertiary/aromatic N) is 1. The van der Waals surface area contributed by atoms with Crippen LogP contribution < -0.4 is 10.5 Å². The van der Waals surface area contributed by atoms with Crippen LogP contribution in [0.25, 0.3) is 0 Å². The van der Waals surface area contributed by atoms with Gasteiger partial charge in [-0.15, -0.1) is 0 Å². The number of ether oxygens (including phenoxy) is 1. The van der Waals surface area contributed by atoms with Gasteiger partial charge in [0.1, 0.15) is 5.75 Å². The zero-order valence-corrected chi connectivity index (χ0v) is 14.7.